The predicted octanol–water partition coefficient (Wildman–Crippen LogP) is 1.71. The lowest BCUT2D eigenvalue weighted by Crippen LogP contribution is -2.52. The summed E-state index contributed by atoms with van der Waals surface area (Å²) in [5, 5.41) is 8.19. The fraction of sp³-hybridized carbons (Fsp3) is 0.320. The van der Waals surface area contributed by atoms with Gasteiger partial charge in [0.25, 0.3) is 11.8 Å². The van der Waals surface area contributed by atoms with E-state index in [-0.39, 0.29) is 49.4 Å². The average molecular weight is 514 g/mol. The van der Waals surface area contributed by atoms with Gasteiger partial charge < -0.3 is 15.5 Å². The maximum Gasteiger partial charge on any atom is 0.270 e. The minimum atomic E-state index is -0.680. The van der Waals surface area contributed by atoms with E-state index in [2.05, 4.69) is 20.9 Å². The van der Waals surface area contributed by atoms with E-state index in [1.54, 1.807) is 24.3 Å². The first kappa shape index (κ1) is 25.5. The van der Waals surface area contributed by atoms with Crippen LogP contribution in [0.2, 0.25) is 0 Å². The number of piperidine rings is 1. The SMILES string of the molecule is Cl.O=C1CCC(N2Cc3cc(CNC(=O)c4ccc(C5=CCNCC5)c(F)n4)ccc3C2=O)C(=O)N1. The van der Waals surface area contributed by atoms with Gasteiger partial charge >= 0.3 is 0 Å². The van der Waals surface area contributed by atoms with E-state index in [1.165, 1.54) is 11.0 Å². The third-order valence-corrected chi connectivity index (χ3v) is 6.53. The zero-order valence-electron chi connectivity index (χ0n) is 19.3. The Morgan fingerprint density at radius 2 is 1.94 bits per heavy atom. The molecule has 4 heterocycles. The summed E-state index contributed by atoms with van der Waals surface area (Å²) >= 11 is 0. The van der Waals surface area contributed by atoms with Gasteiger partial charge in [0, 0.05) is 37.2 Å². The third-order valence-electron chi connectivity index (χ3n) is 6.53. The molecule has 1 fully saturated rings. The quantitative estimate of drug-likeness (QED) is 0.413. The van der Waals surface area contributed by atoms with Crippen LogP contribution in [-0.2, 0) is 22.7 Å². The molecule has 1 aromatic carbocycles. The van der Waals surface area contributed by atoms with Gasteiger partial charge in [-0.3, -0.25) is 24.5 Å². The first-order valence-corrected chi connectivity index (χ1v) is 11.5. The lowest BCUT2D eigenvalue weighted by molar-refractivity contribution is -0.136. The van der Waals surface area contributed by atoms with Crippen LogP contribution in [0, 0.1) is 5.95 Å². The molecule has 1 aromatic heterocycles. The molecule has 188 valence electrons. The molecule has 3 aliphatic rings. The van der Waals surface area contributed by atoms with E-state index in [9.17, 15) is 23.6 Å². The Kier molecular flexibility index (Phi) is 7.46. The second-order valence-corrected chi connectivity index (χ2v) is 8.79. The van der Waals surface area contributed by atoms with Gasteiger partial charge in [-0.25, -0.2) is 4.98 Å². The molecule has 36 heavy (non-hydrogen) atoms. The first-order chi connectivity index (χ1) is 16.9. The van der Waals surface area contributed by atoms with Crippen LogP contribution in [0.3, 0.4) is 0 Å². The number of pyridine rings is 1. The van der Waals surface area contributed by atoms with Gasteiger partial charge in [0.1, 0.15) is 11.7 Å². The highest BCUT2D eigenvalue weighted by Gasteiger charge is 2.39. The molecule has 0 aliphatic carbocycles. The standard InChI is InChI=1S/C25H24FN5O4.ClH/c26-22-17(15-7-9-27-10-8-15)3-4-19(29-22)23(33)28-12-14-1-2-18-16(11-14)13-31(25(18)35)20-5-6-21(32)30-24(20)34;/h1-4,7,11,20,27H,5-6,8-10,12-13H2,(H,28,33)(H,30,32,34);1H. The summed E-state index contributed by atoms with van der Waals surface area (Å²) in [4.78, 5) is 54.3. The van der Waals surface area contributed by atoms with Crippen LogP contribution in [0.25, 0.3) is 5.57 Å². The Balaban J connectivity index is 0.00000304. The summed E-state index contributed by atoms with van der Waals surface area (Å²) < 4.78 is 14.5. The monoisotopic (exact) mass is 513 g/mol. The molecule has 0 spiro atoms. The van der Waals surface area contributed by atoms with Crippen LogP contribution in [-0.4, -0.2) is 52.6 Å². The molecule has 1 atom stereocenters. The Morgan fingerprint density at radius 1 is 1.14 bits per heavy atom. The number of hydrogen-bond acceptors (Lipinski definition) is 6. The number of aromatic nitrogens is 1. The largest absolute Gasteiger partial charge is 0.347 e. The Hall–Kier alpha value is -3.63. The van der Waals surface area contributed by atoms with E-state index < -0.39 is 23.8 Å². The number of carbonyl (C=O) groups is 4. The number of rotatable bonds is 5. The van der Waals surface area contributed by atoms with Gasteiger partial charge in [-0.1, -0.05) is 18.2 Å². The molecule has 3 N–H and O–H groups in total. The van der Waals surface area contributed by atoms with Crippen molar-refractivity contribution in [3.63, 3.8) is 0 Å². The molecule has 2 aromatic rings. The van der Waals surface area contributed by atoms with Gasteiger partial charge in [0.15, 0.2) is 0 Å². The fourth-order valence-corrected chi connectivity index (χ4v) is 4.68. The molecular weight excluding hydrogens is 489 g/mol. The molecule has 1 unspecified atom stereocenters. The van der Waals surface area contributed by atoms with Crippen molar-refractivity contribution < 1.29 is 23.6 Å². The van der Waals surface area contributed by atoms with Crippen LogP contribution < -0.4 is 16.0 Å². The normalized spacial score (nSPS) is 19.2. The minimum absolute atomic E-state index is 0. The smallest absolute Gasteiger partial charge is 0.270 e. The van der Waals surface area contributed by atoms with Crippen molar-refractivity contribution >= 4 is 41.6 Å². The number of imide groups is 1. The number of halogens is 2. The van der Waals surface area contributed by atoms with Gasteiger partial charge in [-0.2, -0.15) is 4.39 Å². The van der Waals surface area contributed by atoms with Crippen molar-refractivity contribution in [3.8, 4) is 0 Å². The number of carbonyl (C=O) groups excluding carboxylic acids is 4. The topological polar surface area (TPSA) is 120 Å². The number of fused-ring (bicyclic) bond motifs is 1. The summed E-state index contributed by atoms with van der Waals surface area (Å²) in [6, 6.07) is 7.62. The van der Waals surface area contributed by atoms with Crippen LogP contribution in [0.15, 0.2) is 36.4 Å². The van der Waals surface area contributed by atoms with Crippen LogP contribution in [0.5, 0.6) is 0 Å². The van der Waals surface area contributed by atoms with E-state index in [4.69, 9.17) is 0 Å². The molecule has 3 aliphatic heterocycles. The van der Waals surface area contributed by atoms with Crippen molar-refractivity contribution in [3.05, 3.63) is 70.3 Å². The first-order valence-electron chi connectivity index (χ1n) is 11.5. The van der Waals surface area contributed by atoms with Crippen molar-refractivity contribution in [2.75, 3.05) is 13.1 Å². The van der Waals surface area contributed by atoms with Crippen molar-refractivity contribution in [2.45, 2.75) is 38.4 Å². The highest BCUT2D eigenvalue weighted by Crippen LogP contribution is 2.28. The Labute approximate surface area is 212 Å². The molecule has 0 saturated carbocycles. The average Bonchev–Trinajstić information content (AvgIpc) is 3.18. The van der Waals surface area contributed by atoms with Gasteiger partial charge in [0.2, 0.25) is 17.8 Å². The summed E-state index contributed by atoms with van der Waals surface area (Å²) in [7, 11) is 0. The summed E-state index contributed by atoms with van der Waals surface area (Å²) in [6.45, 7) is 1.86. The Bertz CT molecular complexity index is 1280. The van der Waals surface area contributed by atoms with E-state index >= 15 is 0 Å². The van der Waals surface area contributed by atoms with Crippen LogP contribution >= 0.6 is 12.4 Å². The second-order valence-electron chi connectivity index (χ2n) is 8.79. The van der Waals surface area contributed by atoms with Crippen molar-refractivity contribution in [1.82, 2.24) is 25.8 Å². The van der Waals surface area contributed by atoms with E-state index in [1.807, 2.05) is 6.08 Å². The molecule has 0 radical (unpaired) electrons. The van der Waals surface area contributed by atoms with E-state index in [0.717, 1.165) is 23.2 Å². The highest BCUT2D eigenvalue weighted by atomic mass is 35.5. The number of hydrogen-bond donors (Lipinski definition) is 3. The summed E-state index contributed by atoms with van der Waals surface area (Å²) in [6.07, 6.45) is 3.11. The molecule has 0 bridgehead atoms. The maximum atomic E-state index is 14.5. The molecule has 4 amide bonds. The minimum Gasteiger partial charge on any atom is -0.347 e. The lowest BCUT2D eigenvalue weighted by atomic mass is 10.0. The number of nitrogens with one attached hydrogen (secondary N) is 3. The molecule has 5 rings (SSSR count). The highest BCUT2D eigenvalue weighted by molar-refractivity contribution is 6.05. The zero-order chi connectivity index (χ0) is 24.5. The van der Waals surface area contributed by atoms with Crippen molar-refractivity contribution in [2.24, 2.45) is 0 Å². The van der Waals surface area contributed by atoms with E-state index in [0.29, 0.717) is 30.5 Å². The van der Waals surface area contributed by atoms with Crippen molar-refractivity contribution in [1.29, 1.82) is 0 Å². The lowest BCUT2D eigenvalue weighted by Gasteiger charge is -2.29. The van der Waals surface area contributed by atoms with Gasteiger partial charge in [-0.15, -0.1) is 12.4 Å². The number of benzene rings is 1. The zero-order valence-corrected chi connectivity index (χ0v) is 20.1. The molecular formula is C25H25ClFN5O4. The third kappa shape index (κ3) is 5.00. The molecule has 11 heteroatoms. The molecule has 1 saturated heterocycles. The van der Waals surface area contributed by atoms with Crippen LogP contribution in [0.1, 0.15) is 56.8 Å². The second kappa shape index (κ2) is 10.5. The predicted molar refractivity (Wildman–Crippen MR) is 131 cm³/mol. The number of nitrogens with zero attached hydrogens (tertiary/aromatic N) is 2. The van der Waals surface area contributed by atoms with Gasteiger partial charge in [-0.05, 0) is 54.3 Å². The summed E-state index contributed by atoms with van der Waals surface area (Å²) in [5.41, 5.74) is 3.27. The maximum absolute atomic E-state index is 14.5. The van der Waals surface area contributed by atoms with Gasteiger partial charge in [0.05, 0.1) is 0 Å². The fourth-order valence-electron chi connectivity index (χ4n) is 4.68. The molecule has 9 nitrogen and oxygen atoms in total. The Morgan fingerprint density at radius 3 is 2.67 bits per heavy atom. The number of amides is 4. The van der Waals surface area contributed by atoms with Crippen LogP contribution in [0.4, 0.5) is 4.39 Å². The summed E-state index contributed by atoms with van der Waals surface area (Å²) in [5.74, 6) is -2.22.